The molecule has 5 heteroatoms. The van der Waals surface area contributed by atoms with Gasteiger partial charge in [-0.3, -0.25) is 0 Å². The summed E-state index contributed by atoms with van der Waals surface area (Å²) >= 11 is 3.44. The van der Waals surface area contributed by atoms with Crippen molar-refractivity contribution in [3.8, 4) is 5.75 Å². The minimum atomic E-state index is -0.421. The lowest BCUT2D eigenvalue weighted by atomic mass is 10.2. The van der Waals surface area contributed by atoms with E-state index in [1.807, 2.05) is 25.1 Å². The van der Waals surface area contributed by atoms with Gasteiger partial charge in [0.25, 0.3) is 0 Å². The zero-order valence-electron chi connectivity index (χ0n) is 10.6. The summed E-state index contributed by atoms with van der Waals surface area (Å²) in [5, 5.41) is 3.00. The fraction of sp³-hybridized carbons (Fsp3) is 0.143. The van der Waals surface area contributed by atoms with E-state index < -0.39 is 5.82 Å². The van der Waals surface area contributed by atoms with E-state index >= 15 is 0 Å². The van der Waals surface area contributed by atoms with Crippen molar-refractivity contribution in [2.45, 2.75) is 6.92 Å². The summed E-state index contributed by atoms with van der Waals surface area (Å²) < 4.78 is 19.9. The number of anilines is 3. The smallest absolute Gasteiger partial charge is 0.148 e. The predicted octanol–water partition coefficient (Wildman–Crippen LogP) is 4.23. The van der Waals surface area contributed by atoms with Gasteiger partial charge in [-0.2, -0.15) is 0 Å². The van der Waals surface area contributed by atoms with Gasteiger partial charge in [-0.1, -0.05) is 22.0 Å². The van der Waals surface area contributed by atoms with Crippen molar-refractivity contribution >= 4 is 33.0 Å². The van der Waals surface area contributed by atoms with Gasteiger partial charge in [-0.05, 0) is 24.6 Å². The molecule has 0 spiro atoms. The number of halogens is 2. The maximum Gasteiger partial charge on any atom is 0.148 e. The molecule has 0 heterocycles. The molecule has 0 saturated carbocycles. The van der Waals surface area contributed by atoms with Gasteiger partial charge in [0.15, 0.2) is 0 Å². The largest absolute Gasteiger partial charge is 0.495 e. The molecule has 0 atom stereocenters. The fourth-order valence-corrected chi connectivity index (χ4v) is 2.05. The topological polar surface area (TPSA) is 47.3 Å². The van der Waals surface area contributed by atoms with Gasteiger partial charge in [-0.15, -0.1) is 0 Å². The van der Waals surface area contributed by atoms with Crippen LogP contribution in [0.2, 0.25) is 0 Å². The van der Waals surface area contributed by atoms with Crippen LogP contribution in [0, 0.1) is 12.7 Å². The van der Waals surface area contributed by atoms with E-state index in [-0.39, 0.29) is 5.69 Å². The van der Waals surface area contributed by atoms with Gasteiger partial charge in [0.2, 0.25) is 0 Å². The molecular weight excluding hydrogens is 311 g/mol. The first kappa shape index (κ1) is 13.7. The lowest BCUT2D eigenvalue weighted by Gasteiger charge is -2.12. The molecule has 0 radical (unpaired) electrons. The van der Waals surface area contributed by atoms with E-state index in [1.165, 1.54) is 13.2 Å². The number of hydrogen-bond donors (Lipinski definition) is 2. The van der Waals surface area contributed by atoms with Crippen LogP contribution < -0.4 is 15.8 Å². The molecule has 2 aromatic rings. The summed E-state index contributed by atoms with van der Waals surface area (Å²) in [5.74, 6) is 0.0186. The van der Waals surface area contributed by atoms with Crippen molar-refractivity contribution in [3.63, 3.8) is 0 Å². The molecule has 3 nitrogen and oxygen atoms in total. The maximum absolute atomic E-state index is 13.8. The zero-order chi connectivity index (χ0) is 14.0. The molecule has 0 fully saturated rings. The Morgan fingerprint density at radius 1 is 1.26 bits per heavy atom. The van der Waals surface area contributed by atoms with Crippen LogP contribution in [0.25, 0.3) is 0 Å². The highest BCUT2D eigenvalue weighted by molar-refractivity contribution is 9.10. The molecule has 100 valence electrons. The van der Waals surface area contributed by atoms with E-state index in [1.54, 1.807) is 6.07 Å². The Balaban J connectivity index is 2.34. The van der Waals surface area contributed by atoms with E-state index in [9.17, 15) is 4.39 Å². The Morgan fingerprint density at radius 2 is 2.00 bits per heavy atom. The second-order valence-corrected chi connectivity index (χ2v) is 5.02. The minimum Gasteiger partial charge on any atom is -0.495 e. The molecule has 0 saturated heterocycles. The van der Waals surface area contributed by atoms with Crippen LogP contribution in [0.15, 0.2) is 34.8 Å². The second kappa shape index (κ2) is 5.48. The average molecular weight is 325 g/mol. The highest BCUT2D eigenvalue weighted by Crippen LogP contribution is 2.31. The average Bonchev–Trinajstić information content (AvgIpc) is 2.37. The molecule has 3 N–H and O–H groups in total. The number of nitrogens with two attached hydrogens (primary N) is 1. The zero-order valence-corrected chi connectivity index (χ0v) is 12.2. The predicted molar refractivity (Wildman–Crippen MR) is 79.5 cm³/mol. The highest BCUT2D eigenvalue weighted by Gasteiger charge is 2.09. The van der Waals surface area contributed by atoms with E-state index in [2.05, 4.69) is 21.2 Å². The molecule has 0 aliphatic carbocycles. The number of nitrogens with one attached hydrogen (secondary N) is 1. The summed E-state index contributed by atoms with van der Waals surface area (Å²) in [7, 11) is 1.50. The third-order valence-corrected chi connectivity index (χ3v) is 3.62. The van der Waals surface area contributed by atoms with Crippen molar-refractivity contribution < 1.29 is 9.13 Å². The quantitative estimate of drug-likeness (QED) is 0.830. The van der Waals surface area contributed by atoms with Gasteiger partial charge >= 0.3 is 0 Å². The number of methoxy groups -OCH3 is 1. The number of benzene rings is 2. The maximum atomic E-state index is 13.8. The molecule has 2 aromatic carbocycles. The standard InChI is InChI=1S/C14H14BrFN2O/c1-8-3-4-9(5-10(8)15)18-13-7-14(19-2)12(17)6-11(13)16/h3-7,18H,17H2,1-2H3. The first-order valence-electron chi connectivity index (χ1n) is 5.67. The molecule has 19 heavy (non-hydrogen) atoms. The molecular formula is C14H14BrFN2O. The SMILES string of the molecule is COc1cc(Nc2ccc(C)c(Br)c2)c(F)cc1N. The van der Waals surface area contributed by atoms with Crippen LogP contribution in [0.5, 0.6) is 5.75 Å². The van der Waals surface area contributed by atoms with Crippen molar-refractivity contribution in [2.75, 3.05) is 18.2 Å². The summed E-state index contributed by atoms with van der Waals surface area (Å²) in [6, 6.07) is 8.49. The Kier molecular flexibility index (Phi) is 3.95. The summed E-state index contributed by atoms with van der Waals surface area (Å²) in [6.07, 6.45) is 0. The van der Waals surface area contributed by atoms with Crippen molar-refractivity contribution in [2.24, 2.45) is 0 Å². The number of aryl methyl sites for hydroxylation is 1. The Hall–Kier alpha value is -1.75. The van der Waals surface area contributed by atoms with Crippen LogP contribution in [-0.2, 0) is 0 Å². The Labute approximate surface area is 119 Å². The Bertz CT molecular complexity index is 617. The van der Waals surface area contributed by atoms with Crippen molar-refractivity contribution in [1.29, 1.82) is 0 Å². The molecule has 0 aromatic heterocycles. The lowest BCUT2D eigenvalue weighted by molar-refractivity contribution is 0.416. The third kappa shape index (κ3) is 2.98. The number of ether oxygens (including phenoxy) is 1. The molecule has 2 rings (SSSR count). The summed E-state index contributed by atoms with van der Waals surface area (Å²) in [6.45, 7) is 1.99. The molecule has 0 aliphatic rings. The minimum absolute atomic E-state index is 0.274. The first-order valence-corrected chi connectivity index (χ1v) is 6.46. The van der Waals surface area contributed by atoms with Crippen LogP contribution in [0.4, 0.5) is 21.5 Å². The Morgan fingerprint density at radius 3 is 2.63 bits per heavy atom. The highest BCUT2D eigenvalue weighted by atomic mass is 79.9. The van der Waals surface area contributed by atoms with E-state index in [0.29, 0.717) is 11.4 Å². The molecule has 0 amide bonds. The third-order valence-electron chi connectivity index (χ3n) is 2.77. The van der Waals surface area contributed by atoms with E-state index in [0.717, 1.165) is 15.7 Å². The molecule has 0 unspecified atom stereocenters. The summed E-state index contributed by atoms with van der Waals surface area (Å²) in [4.78, 5) is 0. The van der Waals surface area contributed by atoms with Crippen LogP contribution in [0.3, 0.4) is 0 Å². The fourth-order valence-electron chi connectivity index (χ4n) is 1.67. The normalized spacial score (nSPS) is 10.3. The molecule has 0 aliphatic heterocycles. The van der Waals surface area contributed by atoms with Gasteiger partial charge in [0, 0.05) is 22.3 Å². The number of hydrogen-bond acceptors (Lipinski definition) is 3. The van der Waals surface area contributed by atoms with Crippen molar-refractivity contribution in [1.82, 2.24) is 0 Å². The number of nitrogen functional groups attached to an aromatic ring is 1. The second-order valence-electron chi connectivity index (χ2n) is 4.16. The van der Waals surface area contributed by atoms with Gasteiger partial charge in [0.05, 0.1) is 18.5 Å². The van der Waals surface area contributed by atoms with Crippen LogP contribution in [0.1, 0.15) is 5.56 Å². The van der Waals surface area contributed by atoms with Gasteiger partial charge < -0.3 is 15.8 Å². The van der Waals surface area contributed by atoms with Crippen LogP contribution in [-0.4, -0.2) is 7.11 Å². The number of rotatable bonds is 3. The van der Waals surface area contributed by atoms with Gasteiger partial charge in [-0.25, -0.2) is 4.39 Å². The van der Waals surface area contributed by atoms with E-state index in [4.69, 9.17) is 10.5 Å². The lowest BCUT2D eigenvalue weighted by Crippen LogP contribution is -1.99. The monoisotopic (exact) mass is 324 g/mol. The first-order chi connectivity index (χ1) is 9.01. The van der Waals surface area contributed by atoms with Crippen molar-refractivity contribution in [3.05, 3.63) is 46.2 Å². The molecule has 0 bridgehead atoms. The summed E-state index contributed by atoms with van der Waals surface area (Å²) in [5.41, 5.74) is 8.13. The van der Waals surface area contributed by atoms with Gasteiger partial charge in [0.1, 0.15) is 11.6 Å². The van der Waals surface area contributed by atoms with Crippen LogP contribution >= 0.6 is 15.9 Å².